The summed E-state index contributed by atoms with van der Waals surface area (Å²) in [5.74, 6) is 0.989. The first kappa shape index (κ1) is 19.3. The van der Waals surface area contributed by atoms with Gasteiger partial charge in [0.05, 0.1) is 26.5 Å². The lowest BCUT2D eigenvalue weighted by Crippen LogP contribution is -2.21. The van der Waals surface area contributed by atoms with Crippen molar-refractivity contribution in [3.63, 3.8) is 0 Å². The summed E-state index contributed by atoms with van der Waals surface area (Å²) in [7, 11) is 3.00. The molecule has 1 N–H and O–H groups in total. The van der Waals surface area contributed by atoms with Crippen LogP contribution in [0.25, 0.3) is 11.0 Å². The molecule has 7 heteroatoms. The van der Waals surface area contributed by atoms with Crippen molar-refractivity contribution in [2.45, 2.75) is 13.3 Å². The highest BCUT2D eigenvalue weighted by atomic mass is 16.5. The molecule has 1 aromatic heterocycles. The highest BCUT2D eigenvalue weighted by Crippen LogP contribution is 2.29. The van der Waals surface area contributed by atoms with E-state index >= 15 is 0 Å². The summed E-state index contributed by atoms with van der Waals surface area (Å²) in [6.07, 6.45) is 0.870. The molecular formula is C21H21NO6. The maximum atomic E-state index is 12.7. The molecule has 0 aliphatic carbocycles. The number of methoxy groups -OCH3 is 2. The number of carbonyl (C=O) groups excluding carboxylic acids is 1. The van der Waals surface area contributed by atoms with Crippen LogP contribution < -0.4 is 25.2 Å². The molecule has 3 rings (SSSR count). The van der Waals surface area contributed by atoms with Crippen LogP contribution in [0, 0.1) is 0 Å². The van der Waals surface area contributed by atoms with E-state index in [0.29, 0.717) is 40.5 Å². The van der Waals surface area contributed by atoms with Crippen molar-refractivity contribution in [1.82, 2.24) is 0 Å². The smallest absolute Gasteiger partial charge is 0.349 e. The number of hydrogen-bond acceptors (Lipinski definition) is 6. The molecule has 3 aromatic rings. The molecule has 2 aromatic carbocycles. The SMILES string of the molecule is CCCOc1ccc2cc(C(=O)Nc3cc(OC)ccc3OC)c(=O)oc2c1. The summed E-state index contributed by atoms with van der Waals surface area (Å²) in [6.45, 7) is 2.57. The lowest BCUT2D eigenvalue weighted by atomic mass is 10.1. The van der Waals surface area contributed by atoms with Crippen LogP contribution in [0.3, 0.4) is 0 Å². The second-order valence-electron chi connectivity index (χ2n) is 6.02. The number of benzene rings is 2. The predicted octanol–water partition coefficient (Wildman–Crippen LogP) is 3.85. The first-order chi connectivity index (χ1) is 13.5. The van der Waals surface area contributed by atoms with Crippen molar-refractivity contribution < 1.29 is 23.4 Å². The molecule has 7 nitrogen and oxygen atoms in total. The molecule has 28 heavy (non-hydrogen) atoms. The van der Waals surface area contributed by atoms with Crippen LogP contribution in [0.2, 0.25) is 0 Å². The fourth-order valence-corrected chi connectivity index (χ4v) is 2.66. The van der Waals surface area contributed by atoms with E-state index in [-0.39, 0.29) is 5.56 Å². The summed E-state index contributed by atoms with van der Waals surface area (Å²) in [5, 5.41) is 3.29. The molecule has 0 aliphatic heterocycles. The Hall–Kier alpha value is -3.48. The minimum absolute atomic E-state index is 0.111. The van der Waals surface area contributed by atoms with Crippen LogP contribution in [0.1, 0.15) is 23.7 Å². The van der Waals surface area contributed by atoms with E-state index < -0.39 is 11.5 Å². The minimum atomic E-state index is -0.737. The van der Waals surface area contributed by atoms with Gasteiger partial charge in [-0.05, 0) is 36.8 Å². The molecule has 0 fully saturated rings. The highest BCUT2D eigenvalue weighted by Gasteiger charge is 2.16. The number of rotatable bonds is 7. The third-order valence-corrected chi connectivity index (χ3v) is 4.08. The zero-order chi connectivity index (χ0) is 20.1. The molecule has 1 heterocycles. The zero-order valence-corrected chi connectivity index (χ0v) is 15.9. The monoisotopic (exact) mass is 383 g/mol. The number of ether oxygens (including phenoxy) is 3. The van der Waals surface area contributed by atoms with Gasteiger partial charge in [0, 0.05) is 17.5 Å². The largest absolute Gasteiger partial charge is 0.497 e. The molecule has 0 unspecified atom stereocenters. The molecule has 0 bridgehead atoms. The topological polar surface area (TPSA) is 87.0 Å². The number of fused-ring (bicyclic) bond motifs is 1. The fraction of sp³-hybridized carbons (Fsp3) is 0.238. The highest BCUT2D eigenvalue weighted by molar-refractivity contribution is 6.06. The molecule has 0 saturated heterocycles. The van der Waals surface area contributed by atoms with Crippen molar-refractivity contribution in [2.24, 2.45) is 0 Å². The molecule has 0 radical (unpaired) electrons. The molecule has 0 aliphatic rings. The van der Waals surface area contributed by atoms with Gasteiger partial charge in [-0.3, -0.25) is 4.79 Å². The summed E-state index contributed by atoms with van der Waals surface area (Å²) < 4.78 is 21.3. The Balaban J connectivity index is 1.92. The van der Waals surface area contributed by atoms with E-state index in [1.807, 2.05) is 6.92 Å². The van der Waals surface area contributed by atoms with Gasteiger partial charge in [0.2, 0.25) is 0 Å². The van der Waals surface area contributed by atoms with Gasteiger partial charge >= 0.3 is 5.63 Å². The Morgan fingerprint density at radius 3 is 2.54 bits per heavy atom. The minimum Gasteiger partial charge on any atom is -0.497 e. The van der Waals surface area contributed by atoms with Gasteiger partial charge in [0.25, 0.3) is 5.91 Å². The van der Waals surface area contributed by atoms with Crippen molar-refractivity contribution in [3.8, 4) is 17.2 Å². The number of anilines is 1. The lowest BCUT2D eigenvalue weighted by Gasteiger charge is -2.11. The van der Waals surface area contributed by atoms with Crippen LogP contribution >= 0.6 is 0 Å². The molecule has 146 valence electrons. The predicted molar refractivity (Wildman–Crippen MR) is 106 cm³/mol. The van der Waals surface area contributed by atoms with Gasteiger partial charge in [0.15, 0.2) is 0 Å². The molecule has 0 saturated carbocycles. The van der Waals surface area contributed by atoms with Gasteiger partial charge in [-0.1, -0.05) is 6.92 Å². The Labute approximate surface area is 161 Å². The lowest BCUT2D eigenvalue weighted by molar-refractivity contribution is 0.102. The quantitative estimate of drug-likeness (QED) is 0.624. The van der Waals surface area contributed by atoms with Crippen LogP contribution in [0.15, 0.2) is 51.7 Å². The summed E-state index contributed by atoms with van der Waals surface area (Å²) in [5.41, 5.74) is -0.108. The van der Waals surface area contributed by atoms with E-state index in [4.69, 9.17) is 18.6 Å². The van der Waals surface area contributed by atoms with Crippen LogP contribution in [0.4, 0.5) is 5.69 Å². The van der Waals surface area contributed by atoms with Crippen molar-refractivity contribution >= 4 is 22.6 Å². The third kappa shape index (κ3) is 4.09. The van der Waals surface area contributed by atoms with E-state index in [1.54, 1.807) is 36.4 Å². The number of hydrogen-bond donors (Lipinski definition) is 1. The Morgan fingerprint density at radius 2 is 1.82 bits per heavy atom. The van der Waals surface area contributed by atoms with Gasteiger partial charge in [-0.25, -0.2) is 4.79 Å². The summed E-state index contributed by atoms with van der Waals surface area (Å²) >= 11 is 0. The summed E-state index contributed by atoms with van der Waals surface area (Å²) in [4.78, 5) is 25.0. The van der Waals surface area contributed by atoms with Crippen LogP contribution in [0.5, 0.6) is 17.2 Å². The molecule has 0 atom stereocenters. The van der Waals surface area contributed by atoms with E-state index in [2.05, 4.69) is 5.32 Å². The van der Waals surface area contributed by atoms with Gasteiger partial charge in [0.1, 0.15) is 28.4 Å². The third-order valence-electron chi connectivity index (χ3n) is 4.08. The van der Waals surface area contributed by atoms with Crippen LogP contribution in [-0.2, 0) is 0 Å². The van der Waals surface area contributed by atoms with E-state index in [0.717, 1.165) is 6.42 Å². The Morgan fingerprint density at radius 1 is 1.04 bits per heavy atom. The second kappa shape index (κ2) is 8.47. The standard InChI is InChI=1S/C21H21NO6/c1-4-9-27-15-6-5-13-10-16(21(24)28-19(13)12-15)20(23)22-17-11-14(25-2)7-8-18(17)26-3/h5-8,10-12H,4,9H2,1-3H3,(H,22,23). The van der Waals surface area contributed by atoms with Crippen molar-refractivity contribution in [3.05, 3.63) is 58.4 Å². The first-order valence-corrected chi connectivity index (χ1v) is 8.79. The molecule has 0 spiro atoms. The number of carbonyl (C=O) groups is 1. The number of nitrogens with one attached hydrogen (secondary N) is 1. The van der Waals surface area contributed by atoms with Crippen LogP contribution in [-0.4, -0.2) is 26.7 Å². The average Bonchev–Trinajstić information content (AvgIpc) is 2.71. The second-order valence-corrected chi connectivity index (χ2v) is 6.02. The summed E-state index contributed by atoms with van der Waals surface area (Å²) in [6, 6.07) is 11.6. The maximum Gasteiger partial charge on any atom is 0.349 e. The zero-order valence-electron chi connectivity index (χ0n) is 15.9. The fourth-order valence-electron chi connectivity index (χ4n) is 2.66. The van der Waals surface area contributed by atoms with Gasteiger partial charge in [-0.15, -0.1) is 0 Å². The molecular weight excluding hydrogens is 362 g/mol. The Kier molecular flexibility index (Phi) is 5.84. The van der Waals surface area contributed by atoms with E-state index in [9.17, 15) is 9.59 Å². The Bertz CT molecular complexity index is 1060. The molecule has 1 amide bonds. The van der Waals surface area contributed by atoms with E-state index in [1.165, 1.54) is 20.3 Å². The van der Waals surface area contributed by atoms with Gasteiger partial charge in [-0.2, -0.15) is 0 Å². The van der Waals surface area contributed by atoms with Crippen molar-refractivity contribution in [1.29, 1.82) is 0 Å². The van der Waals surface area contributed by atoms with Gasteiger partial charge < -0.3 is 23.9 Å². The van der Waals surface area contributed by atoms with Crippen molar-refractivity contribution in [2.75, 3.05) is 26.1 Å². The first-order valence-electron chi connectivity index (χ1n) is 8.79. The maximum absolute atomic E-state index is 12.7. The average molecular weight is 383 g/mol. The normalized spacial score (nSPS) is 10.5. The number of amides is 1.